The molecule has 5 atom stereocenters. The van der Waals surface area contributed by atoms with E-state index in [2.05, 4.69) is 16.0 Å². The van der Waals surface area contributed by atoms with E-state index < -0.39 is 65.1 Å². The van der Waals surface area contributed by atoms with E-state index >= 15 is 0 Å². The predicted molar refractivity (Wildman–Crippen MR) is 172 cm³/mol. The molecule has 12 heteroatoms. The number of rotatable bonds is 13. The zero-order chi connectivity index (χ0) is 34.4. The normalized spacial score (nSPS) is 20.2. The number of hydrogen-bond donors (Lipinski definition) is 4. The summed E-state index contributed by atoms with van der Waals surface area (Å²) < 4.78 is 5.53. The van der Waals surface area contributed by atoms with Crippen LogP contribution >= 0.6 is 0 Å². The molecule has 1 unspecified atom stereocenters. The van der Waals surface area contributed by atoms with Crippen molar-refractivity contribution in [3.63, 3.8) is 0 Å². The maximum absolute atomic E-state index is 14.1. The molecule has 1 aliphatic heterocycles. The van der Waals surface area contributed by atoms with E-state index in [1.54, 1.807) is 20.8 Å². The second-order valence-electron chi connectivity index (χ2n) is 15.1. The van der Waals surface area contributed by atoms with Crippen LogP contribution in [0.15, 0.2) is 30.3 Å². The number of benzene rings is 1. The Kier molecular flexibility index (Phi) is 12.0. The summed E-state index contributed by atoms with van der Waals surface area (Å²) in [6.07, 6.45) is 2.78. The Bertz CT molecular complexity index is 1280. The second kappa shape index (κ2) is 15.1. The highest BCUT2D eigenvalue weighted by Gasteiger charge is 2.45. The topological polar surface area (TPSA) is 177 Å². The van der Waals surface area contributed by atoms with Crippen molar-refractivity contribution in [3.05, 3.63) is 35.9 Å². The van der Waals surface area contributed by atoms with Crippen molar-refractivity contribution in [2.75, 3.05) is 6.54 Å². The Balaban J connectivity index is 1.74. The number of likely N-dealkylation sites (tertiary alicyclic amines) is 1. The van der Waals surface area contributed by atoms with Crippen molar-refractivity contribution >= 4 is 35.5 Å². The number of carbonyl (C=O) groups excluding carboxylic acids is 6. The van der Waals surface area contributed by atoms with Crippen LogP contribution in [0.3, 0.4) is 0 Å². The first-order chi connectivity index (χ1) is 21.4. The van der Waals surface area contributed by atoms with Gasteiger partial charge in [0.05, 0.1) is 6.04 Å². The molecule has 1 aromatic rings. The first-order valence-corrected chi connectivity index (χ1v) is 16.1. The van der Waals surface area contributed by atoms with Gasteiger partial charge in [-0.15, -0.1) is 0 Å². The maximum atomic E-state index is 14.1. The smallest absolute Gasteiger partial charge is 0.329 e. The zero-order valence-electron chi connectivity index (χ0n) is 28.2. The van der Waals surface area contributed by atoms with E-state index in [1.165, 1.54) is 4.90 Å². The minimum absolute atomic E-state index is 0.0292. The fourth-order valence-electron chi connectivity index (χ4n) is 5.68. The standard InChI is InChI=1S/C34H51N5O7/c1-20-15-25(29(42)36-23(16-21-13-14-21)26(40)28(35)41)39(18-20)30(43)27(34(5,6)7)38-32(45)37-24(17-33(2,3)4)31(44)46-19-22-11-9-8-10-12-22/h8-12,20-21,23-25,27H,13-19H2,1-7H3,(H2,35,41)(H,36,42)(H2,37,38,45)/t20-,23?,24+,25+,27-/m1/s1. The third kappa shape index (κ3) is 10.8. The summed E-state index contributed by atoms with van der Waals surface area (Å²) in [4.78, 5) is 79.7. The number of carbonyl (C=O) groups is 6. The van der Waals surface area contributed by atoms with E-state index in [9.17, 15) is 28.8 Å². The lowest BCUT2D eigenvalue weighted by atomic mass is 9.85. The van der Waals surface area contributed by atoms with Crippen molar-refractivity contribution in [2.45, 2.75) is 111 Å². The Labute approximate surface area is 271 Å². The van der Waals surface area contributed by atoms with E-state index in [0.29, 0.717) is 19.3 Å². The molecule has 2 aliphatic rings. The van der Waals surface area contributed by atoms with Gasteiger partial charge < -0.3 is 31.3 Å². The van der Waals surface area contributed by atoms with Crippen LogP contribution in [0.1, 0.15) is 86.1 Å². The fraction of sp³-hybridized carbons (Fsp3) is 0.647. The van der Waals surface area contributed by atoms with Crippen molar-refractivity contribution in [1.82, 2.24) is 20.9 Å². The van der Waals surface area contributed by atoms with E-state index in [1.807, 2.05) is 58.0 Å². The number of ketones is 1. The molecule has 0 spiro atoms. The third-order valence-corrected chi connectivity index (χ3v) is 8.26. The Morgan fingerprint density at radius 3 is 2.11 bits per heavy atom. The predicted octanol–water partition coefficient (Wildman–Crippen LogP) is 2.82. The summed E-state index contributed by atoms with van der Waals surface area (Å²) in [6.45, 7) is 13.4. The number of urea groups is 1. The third-order valence-electron chi connectivity index (χ3n) is 8.26. The molecule has 46 heavy (non-hydrogen) atoms. The lowest BCUT2D eigenvalue weighted by Gasteiger charge is -2.36. The molecule has 0 bridgehead atoms. The average Bonchev–Trinajstić information content (AvgIpc) is 3.69. The van der Waals surface area contributed by atoms with E-state index in [0.717, 1.165) is 18.4 Å². The number of esters is 1. The van der Waals surface area contributed by atoms with Crippen molar-refractivity contribution in [2.24, 2.45) is 28.4 Å². The van der Waals surface area contributed by atoms with Crippen LogP contribution in [-0.4, -0.2) is 71.1 Å². The molecule has 3 rings (SSSR count). The first-order valence-electron chi connectivity index (χ1n) is 16.1. The van der Waals surface area contributed by atoms with Crippen LogP contribution < -0.4 is 21.7 Å². The van der Waals surface area contributed by atoms with Gasteiger partial charge in [-0.25, -0.2) is 9.59 Å². The SMILES string of the molecule is C[C@@H]1C[C@@H](C(=O)NC(CC2CC2)C(=O)C(N)=O)N(C(=O)[C@@H](NC(=O)N[C@@H](CC(C)(C)C)C(=O)OCc2ccccc2)C(C)(C)C)C1. The van der Waals surface area contributed by atoms with Crippen LogP contribution in [0, 0.1) is 22.7 Å². The summed E-state index contributed by atoms with van der Waals surface area (Å²) >= 11 is 0. The molecule has 1 aliphatic carbocycles. The van der Waals surface area contributed by atoms with Gasteiger partial charge in [0.15, 0.2) is 0 Å². The Morgan fingerprint density at radius 1 is 0.935 bits per heavy atom. The monoisotopic (exact) mass is 641 g/mol. The molecule has 12 nitrogen and oxygen atoms in total. The van der Waals surface area contributed by atoms with Crippen LogP contribution in [0.25, 0.3) is 0 Å². The fourth-order valence-corrected chi connectivity index (χ4v) is 5.68. The van der Waals surface area contributed by atoms with E-state index in [4.69, 9.17) is 10.5 Å². The molecule has 5 amide bonds. The first kappa shape index (κ1) is 36.5. The van der Waals surface area contributed by atoms with Crippen molar-refractivity contribution in [3.8, 4) is 0 Å². The maximum Gasteiger partial charge on any atom is 0.329 e. The molecule has 5 N–H and O–H groups in total. The van der Waals surface area contributed by atoms with Crippen molar-refractivity contribution < 1.29 is 33.5 Å². The number of nitrogens with zero attached hydrogens (tertiary/aromatic N) is 1. The van der Waals surface area contributed by atoms with Gasteiger partial charge in [-0.2, -0.15) is 0 Å². The summed E-state index contributed by atoms with van der Waals surface area (Å²) in [5.74, 6) is -3.37. The summed E-state index contributed by atoms with van der Waals surface area (Å²) in [5, 5.41) is 8.17. The highest BCUT2D eigenvalue weighted by molar-refractivity contribution is 6.37. The van der Waals surface area contributed by atoms with Crippen LogP contribution in [0.4, 0.5) is 4.79 Å². The largest absolute Gasteiger partial charge is 0.459 e. The number of nitrogens with one attached hydrogen (secondary N) is 3. The highest BCUT2D eigenvalue weighted by Crippen LogP contribution is 2.34. The molecule has 0 radical (unpaired) electrons. The van der Waals surface area contributed by atoms with Crippen LogP contribution in [0.5, 0.6) is 0 Å². The molecule has 1 aromatic carbocycles. The van der Waals surface area contributed by atoms with Gasteiger partial charge >= 0.3 is 12.0 Å². The molecule has 2 fully saturated rings. The molecular weight excluding hydrogens is 590 g/mol. The van der Waals surface area contributed by atoms with Gasteiger partial charge in [0, 0.05) is 6.54 Å². The van der Waals surface area contributed by atoms with Gasteiger partial charge in [0.25, 0.3) is 5.91 Å². The highest BCUT2D eigenvalue weighted by atomic mass is 16.5. The lowest BCUT2D eigenvalue weighted by Crippen LogP contribution is -2.61. The molecule has 0 aromatic heterocycles. The van der Waals surface area contributed by atoms with Gasteiger partial charge in [0.1, 0.15) is 24.7 Å². The van der Waals surface area contributed by atoms with Gasteiger partial charge in [-0.1, -0.05) is 91.6 Å². The van der Waals surface area contributed by atoms with E-state index in [-0.39, 0.29) is 30.4 Å². The number of ether oxygens (including phenoxy) is 1. The Hall–Kier alpha value is -3.96. The average molecular weight is 642 g/mol. The minimum Gasteiger partial charge on any atom is -0.459 e. The summed E-state index contributed by atoms with van der Waals surface area (Å²) in [7, 11) is 0. The second-order valence-corrected chi connectivity index (χ2v) is 15.1. The van der Waals surface area contributed by atoms with Gasteiger partial charge in [-0.3, -0.25) is 19.2 Å². The summed E-state index contributed by atoms with van der Waals surface area (Å²) in [5.41, 5.74) is 4.95. The Morgan fingerprint density at radius 2 is 1.57 bits per heavy atom. The van der Waals surface area contributed by atoms with Crippen LogP contribution in [0.2, 0.25) is 0 Å². The molecule has 1 saturated heterocycles. The zero-order valence-corrected chi connectivity index (χ0v) is 28.2. The number of nitrogens with two attached hydrogens (primary N) is 1. The van der Waals surface area contributed by atoms with Gasteiger partial charge in [0.2, 0.25) is 17.6 Å². The number of primary amides is 1. The lowest BCUT2D eigenvalue weighted by molar-refractivity contribution is -0.148. The molecule has 1 saturated carbocycles. The number of hydrogen-bond acceptors (Lipinski definition) is 7. The molecule has 254 valence electrons. The summed E-state index contributed by atoms with van der Waals surface area (Å²) in [6, 6.07) is 4.51. The number of amides is 5. The molecular formula is C34H51N5O7. The minimum atomic E-state index is -1.12. The van der Waals surface area contributed by atoms with Crippen LogP contribution in [-0.2, 0) is 35.3 Å². The van der Waals surface area contributed by atoms with Crippen molar-refractivity contribution in [1.29, 1.82) is 0 Å². The number of Topliss-reactive ketones (excluding diaryl/α,β-unsaturated/α-hetero) is 1. The quantitative estimate of drug-likeness (QED) is 0.189. The van der Waals surface area contributed by atoms with Gasteiger partial charge in [-0.05, 0) is 47.5 Å². The molecule has 1 heterocycles.